The van der Waals surface area contributed by atoms with E-state index >= 15 is 0 Å². The molecule has 0 aliphatic carbocycles. The van der Waals surface area contributed by atoms with E-state index in [2.05, 4.69) is 15.6 Å². The van der Waals surface area contributed by atoms with Crippen LogP contribution in [-0.4, -0.2) is 30.9 Å². The van der Waals surface area contributed by atoms with Gasteiger partial charge in [0.25, 0.3) is 0 Å². The molecule has 138 valence electrons. The second-order valence-electron chi connectivity index (χ2n) is 5.80. The minimum absolute atomic E-state index is 0.147. The molecular weight excluding hydrogens is 337 g/mol. The Balaban J connectivity index is 1.61. The number of aliphatic imine (C=N–C) groups is 1. The Labute approximate surface area is 151 Å². The van der Waals surface area contributed by atoms with Crippen LogP contribution in [0, 0.1) is 5.82 Å². The zero-order valence-corrected chi connectivity index (χ0v) is 14.5. The highest BCUT2D eigenvalue weighted by Gasteiger charge is 2.14. The van der Waals surface area contributed by atoms with Crippen LogP contribution in [0.5, 0.6) is 11.5 Å². The van der Waals surface area contributed by atoms with Crippen LogP contribution in [0.4, 0.5) is 4.39 Å². The molecule has 2 aromatic carbocycles. The largest absolute Gasteiger partial charge is 0.454 e. The molecule has 0 radical (unpaired) electrons. The van der Waals surface area contributed by atoms with Crippen LogP contribution in [0.15, 0.2) is 47.5 Å². The Morgan fingerprint density at radius 1 is 1.19 bits per heavy atom. The number of aliphatic hydroxyl groups excluding tert-OH is 1. The molecule has 0 amide bonds. The van der Waals surface area contributed by atoms with E-state index in [0.29, 0.717) is 24.8 Å². The predicted molar refractivity (Wildman–Crippen MR) is 96.7 cm³/mol. The fraction of sp³-hybridized carbons (Fsp3) is 0.316. The van der Waals surface area contributed by atoms with Crippen LogP contribution in [0.3, 0.4) is 0 Å². The van der Waals surface area contributed by atoms with Crippen molar-refractivity contribution in [2.24, 2.45) is 4.99 Å². The molecule has 1 aliphatic heterocycles. The van der Waals surface area contributed by atoms with E-state index in [9.17, 15) is 9.50 Å². The molecule has 1 unspecified atom stereocenters. The molecule has 0 saturated carbocycles. The van der Waals surface area contributed by atoms with Crippen molar-refractivity contribution >= 4 is 5.96 Å². The summed E-state index contributed by atoms with van der Waals surface area (Å²) in [7, 11) is 0. The van der Waals surface area contributed by atoms with Crippen molar-refractivity contribution in [3.05, 3.63) is 59.4 Å². The van der Waals surface area contributed by atoms with Crippen molar-refractivity contribution in [2.45, 2.75) is 19.6 Å². The molecule has 26 heavy (non-hydrogen) atoms. The lowest BCUT2D eigenvalue weighted by atomic mass is 10.1. The van der Waals surface area contributed by atoms with Gasteiger partial charge in [-0.05, 0) is 30.7 Å². The van der Waals surface area contributed by atoms with Crippen LogP contribution >= 0.6 is 0 Å². The number of hydrogen-bond acceptors (Lipinski definition) is 4. The number of halogens is 1. The third-order valence-electron chi connectivity index (χ3n) is 3.93. The highest BCUT2D eigenvalue weighted by molar-refractivity contribution is 5.79. The fourth-order valence-corrected chi connectivity index (χ4v) is 2.60. The third kappa shape index (κ3) is 4.43. The number of fused-ring (bicyclic) bond motifs is 1. The first kappa shape index (κ1) is 18.0. The second-order valence-corrected chi connectivity index (χ2v) is 5.80. The lowest BCUT2D eigenvalue weighted by Gasteiger charge is -2.16. The number of benzene rings is 2. The molecule has 6 nitrogen and oxygen atoms in total. The molecule has 3 N–H and O–H groups in total. The fourth-order valence-electron chi connectivity index (χ4n) is 2.60. The van der Waals surface area contributed by atoms with E-state index in [1.165, 1.54) is 6.07 Å². The van der Waals surface area contributed by atoms with Crippen molar-refractivity contribution in [2.75, 3.05) is 19.9 Å². The van der Waals surface area contributed by atoms with Crippen LogP contribution < -0.4 is 20.1 Å². The molecular formula is C19H22FN3O3. The molecule has 7 heteroatoms. The quantitative estimate of drug-likeness (QED) is 0.545. The van der Waals surface area contributed by atoms with Crippen LogP contribution in [0.2, 0.25) is 0 Å². The molecule has 1 heterocycles. The number of nitrogens with one attached hydrogen (secondary N) is 2. The lowest BCUT2D eigenvalue weighted by molar-refractivity contribution is 0.174. The summed E-state index contributed by atoms with van der Waals surface area (Å²) in [6.45, 7) is 3.43. The topological polar surface area (TPSA) is 75.1 Å². The minimum atomic E-state index is -0.967. The molecule has 0 spiro atoms. The molecule has 1 atom stereocenters. The van der Waals surface area contributed by atoms with Gasteiger partial charge in [-0.25, -0.2) is 9.38 Å². The average Bonchev–Trinajstić information content (AvgIpc) is 3.12. The van der Waals surface area contributed by atoms with E-state index in [4.69, 9.17) is 9.47 Å². The van der Waals surface area contributed by atoms with Gasteiger partial charge in [0, 0.05) is 18.7 Å². The van der Waals surface area contributed by atoms with Gasteiger partial charge in [-0.2, -0.15) is 0 Å². The van der Waals surface area contributed by atoms with E-state index < -0.39 is 11.9 Å². The maximum Gasteiger partial charge on any atom is 0.231 e. The van der Waals surface area contributed by atoms with Crippen LogP contribution in [0.25, 0.3) is 0 Å². The standard InChI is InChI=1S/C19H22FN3O3/c1-2-21-19(23-11-16(24)14-5-3-4-6-15(14)20)22-10-13-7-8-17-18(9-13)26-12-25-17/h3-9,16,24H,2,10-12H2,1H3,(H2,21,22,23). The summed E-state index contributed by atoms with van der Waals surface area (Å²) in [5.74, 6) is 1.56. The molecule has 0 bridgehead atoms. The second kappa shape index (κ2) is 8.53. The summed E-state index contributed by atoms with van der Waals surface area (Å²) in [4.78, 5) is 4.49. The minimum Gasteiger partial charge on any atom is -0.454 e. The normalized spacial score (nSPS) is 14.2. The average molecular weight is 359 g/mol. The number of hydrogen-bond donors (Lipinski definition) is 3. The van der Waals surface area contributed by atoms with Crippen molar-refractivity contribution in [3.63, 3.8) is 0 Å². The summed E-state index contributed by atoms with van der Waals surface area (Å²) in [5.41, 5.74) is 1.23. The number of aliphatic hydroxyl groups is 1. The first-order chi connectivity index (χ1) is 12.7. The van der Waals surface area contributed by atoms with Gasteiger partial charge >= 0.3 is 0 Å². The SMILES string of the molecule is CCNC(=NCc1ccc2c(c1)OCO2)NCC(O)c1ccccc1F. The number of nitrogens with zero attached hydrogens (tertiary/aromatic N) is 1. The third-order valence-corrected chi connectivity index (χ3v) is 3.93. The Morgan fingerprint density at radius 2 is 2.00 bits per heavy atom. The van der Waals surface area contributed by atoms with Gasteiger partial charge in [0.2, 0.25) is 6.79 Å². The van der Waals surface area contributed by atoms with Gasteiger partial charge in [0.15, 0.2) is 17.5 Å². The summed E-state index contributed by atoms with van der Waals surface area (Å²) >= 11 is 0. The van der Waals surface area contributed by atoms with E-state index in [-0.39, 0.29) is 18.9 Å². The summed E-state index contributed by atoms with van der Waals surface area (Å²) in [6, 6.07) is 11.9. The van der Waals surface area contributed by atoms with Crippen molar-refractivity contribution in [3.8, 4) is 11.5 Å². The lowest BCUT2D eigenvalue weighted by Crippen LogP contribution is -2.39. The molecule has 3 rings (SSSR count). The predicted octanol–water partition coefficient (Wildman–Crippen LogP) is 2.34. The maximum absolute atomic E-state index is 13.7. The van der Waals surface area contributed by atoms with Gasteiger partial charge in [-0.15, -0.1) is 0 Å². The van der Waals surface area contributed by atoms with E-state index in [1.807, 2.05) is 25.1 Å². The van der Waals surface area contributed by atoms with Gasteiger partial charge in [0.1, 0.15) is 5.82 Å². The van der Waals surface area contributed by atoms with Gasteiger partial charge < -0.3 is 25.2 Å². The van der Waals surface area contributed by atoms with Crippen molar-refractivity contribution in [1.29, 1.82) is 0 Å². The Hall–Kier alpha value is -2.80. The Kier molecular flexibility index (Phi) is 5.91. The number of rotatable bonds is 6. The Bertz CT molecular complexity index is 782. The monoisotopic (exact) mass is 359 g/mol. The number of ether oxygens (including phenoxy) is 2. The summed E-state index contributed by atoms with van der Waals surface area (Å²) in [6.07, 6.45) is -0.967. The molecule has 0 aromatic heterocycles. The summed E-state index contributed by atoms with van der Waals surface area (Å²) < 4.78 is 24.4. The highest BCUT2D eigenvalue weighted by Crippen LogP contribution is 2.32. The van der Waals surface area contributed by atoms with Crippen LogP contribution in [0.1, 0.15) is 24.2 Å². The van der Waals surface area contributed by atoms with E-state index in [0.717, 1.165) is 11.3 Å². The zero-order chi connectivity index (χ0) is 18.4. The summed E-state index contributed by atoms with van der Waals surface area (Å²) in [5, 5.41) is 16.3. The van der Waals surface area contributed by atoms with Gasteiger partial charge in [0.05, 0.1) is 12.6 Å². The smallest absolute Gasteiger partial charge is 0.231 e. The molecule has 1 aliphatic rings. The first-order valence-corrected chi connectivity index (χ1v) is 8.50. The zero-order valence-electron chi connectivity index (χ0n) is 14.5. The van der Waals surface area contributed by atoms with Gasteiger partial charge in [-0.1, -0.05) is 24.3 Å². The van der Waals surface area contributed by atoms with Crippen LogP contribution in [-0.2, 0) is 6.54 Å². The highest BCUT2D eigenvalue weighted by atomic mass is 19.1. The Morgan fingerprint density at radius 3 is 2.81 bits per heavy atom. The molecule has 0 saturated heterocycles. The molecule has 0 fully saturated rings. The first-order valence-electron chi connectivity index (χ1n) is 8.50. The number of guanidine groups is 1. The molecule has 2 aromatic rings. The van der Waals surface area contributed by atoms with Crippen molar-refractivity contribution < 1.29 is 19.0 Å². The van der Waals surface area contributed by atoms with Gasteiger partial charge in [-0.3, -0.25) is 0 Å². The maximum atomic E-state index is 13.7. The van der Waals surface area contributed by atoms with Crippen molar-refractivity contribution in [1.82, 2.24) is 10.6 Å². The van der Waals surface area contributed by atoms with E-state index in [1.54, 1.807) is 18.2 Å².